The summed E-state index contributed by atoms with van der Waals surface area (Å²) in [5, 5.41) is 0.641. The van der Waals surface area contributed by atoms with E-state index in [1.54, 1.807) is 24.0 Å². The molecule has 0 atom stereocenters. The lowest BCUT2D eigenvalue weighted by molar-refractivity contribution is 0.0985. The van der Waals surface area contributed by atoms with E-state index in [9.17, 15) is 13.2 Å². The van der Waals surface area contributed by atoms with Crippen LogP contribution in [0.25, 0.3) is 10.2 Å². The summed E-state index contributed by atoms with van der Waals surface area (Å²) in [4.78, 5) is 21.8. The van der Waals surface area contributed by atoms with Gasteiger partial charge in [-0.2, -0.15) is 0 Å². The van der Waals surface area contributed by atoms with Gasteiger partial charge in [0.05, 0.1) is 20.9 Å². The average Bonchev–Trinajstić information content (AvgIpc) is 3.10. The molecule has 2 aromatic carbocycles. The van der Waals surface area contributed by atoms with Gasteiger partial charge in [-0.3, -0.25) is 9.69 Å². The van der Waals surface area contributed by atoms with Gasteiger partial charge in [0.2, 0.25) is 0 Å². The molecule has 1 heterocycles. The summed E-state index contributed by atoms with van der Waals surface area (Å²) in [6.07, 6.45) is 0. The summed E-state index contributed by atoms with van der Waals surface area (Å²) >= 11 is 1.48. The molecule has 1 amide bonds. The molecule has 0 spiro atoms. The standard InChI is InChI=1S/C21H25N3O3S2/c1-5-29(26,27)17-9-7-16(8-10-17)20(25)24(13-12-23(3)4)21-22-18-11-6-15(2)14-19(18)28-21/h6-11,14H,5,12-13H2,1-4H3. The molecule has 0 saturated heterocycles. The van der Waals surface area contributed by atoms with Gasteiger partial charge < -0.3 is 4.90 Å². The maximum atomic E-state index is 13.3. The molecule has 3 aromatic rings. The maximum Gasteiger partial charge on any atom is 0.260 e. The first-order valence-electron chi connectivity index (χ1n) is 9.38. The van der Waals surface area contributed by atoms with Crippen LogP contribution in [0.1, 0.15) is 22.8 Å². The Bertz CT molecular complexity index is 1120. The zero-order valence-electron chi connectivity index (χ0n) is 17.0. The van der Waals surface area contributed by atoms with Crippen LogP contribution in [0.15, 0.2) is 47.4 Å². The van der Waals surface area contributed by atoms with Gasteiger partial charge in [0, 0.05) is 18.7 Å². The molecule has 0 radical (unpaired) electrons. The van der Waals surface area contributed by atoms with Crippen LogP contribution in [-0.2, 0) is 9.84 Å². The Balaban J connectivity index is 1.96. The van der Waals surface area contributed by atoms with Crippen molar-refractivity contribution in [2.24, 2.45) is 0 Å². The number of sulfone groups is 1. The van der Waals surface area contributed by atoms with Gasteiger partial charge in [0.25, 0.3) is 5.91 Å². The van der Waals surface area contributed by atoms with Crippen LogP contribution >= 0.6 is 11.3 Å². The number of carbonyl (C=O) groups is 1. The van der Waals surface area contributed by atoms with E-state index in [0.717, 1.165) is 15.8 Å². The van der Waals surface area contributed by atoms with Crippen LogP contribution in [-0.4, -0.2) is 57.1 Å². The molecule has 1 aromatic heterocycles. The molecule has 0 aliphatic rings. The fourth-order valence-electron chi connectivity index (χ4n) is 2.85. The molecule has 0 saturated carbocycles. The first-order valence-corrected chi connectivity index (χ1v) is 11.8. The summed E-state index contributed by atoms with van der Waals surface area (Å²) in [5.41, 5.74) is 2.45. The second-order valence-electron chi connectivity index (χ2n) is 7.16. The normalized spacial score (nSPS) is 11.9. The molecule has 0 fully saturated rings. The van der Waals surface area contributed by atoms with Gasteiger partial charge in [0.1, 0.15) is 0 Å². The van der Waals surface area contributed by atoms with Crippen molar-refractivity contribution in [3.63, 3.8) is 0 Å². The number of likely N-dealkylation sites (N-methyl/N-ethyl adjacent to an activating group) is 1. The third-order valence-electron chi connectivity index (χ3n) is 4.62. The minimum atomic E-state index is -3.30. The highest BCUT2D eigenvalue weighted by molar-refractivity contribution is 7.91. The number of hydrogen-bond donors (Lipinski definition) is 0. The molecule has 29 heavy (non-hydrogen) atoms. The topological polar surface area (TPSA) is 70.6 Å². The molecule has 0 aliphatic heterocycles. The molecule has 154 valence electrons. The number of nitrogens with zero attached hydrogens (tertiary/aromatic N) is 3. The number of hydrogen-bond acceptors (Lipinski definition) is 6. The molecular weight excluding hydrogens is 406 g/mol. The van der Waals surface area contributed by atoms with Gasteiger partial charge in [-0.25, -0.2) is 13.4 Å². The molecule has 0 aliphatic carbocycles. The van der Waals surface area contributed by atoms with E-state index in [4.69, 9.17) is 0 Å². The Morgan fingerprint density at radius 2 is 1.76 bits per heavy atom. The third-order valence-corrected chi connectivity index (χ3v) is 7.41. The second-order valence-corrected chi connectivity index (χ2v) is 10.4. The smallest absolute Gasteiger partial charge is 0.260 e. The number of anilines is 1. The number of aryl methyl sites for hydroxylation is 1. The van der Waals surface area contributed by atoms with E-state index in [1.807, 2.05) is 38.1 Å². The van der Waals surface area contributed by atoms with E-state index < -0.39 is 9.84 Å². The fourth-order valence-corrected chi connectivity index (χ4v) is 4.82. The fraction of sp³-hybridized carbons (Fsp3) is 0.333. The number of benzene rings is 2. The molecule has 0 bridgehead atoms. The van der Waals surface area contributed by atoms with Crippen molar-refractivity contribution in [1.29, 1.82) is 0 Å². The highest BCUT2D eigenvalue weighted by atomic mass is 32.2. The largest absolute Gasteiger partial charge is 0.308 e. The summed E-state index contributed by atoms with van der Waals surface area (Å²) < 4.78 is 25.1. The minimum Gasteiger partial charge on any atom is -0.308 e. The van der Waals surface area contributed by atoms with Crippen molar-refractivity contribution < 1.29 is 13.2 Å². The highest BCUT2D eigenvalue weighted by Gasteiger charge is 2.22. The van der Waals surface area contributed by atoms with Gasteiger partial charge in [-0.1, -0.05) is 24.3 Å². The molecule has 0 unspecified atom stereocenters. The Kier molecular flexibility index (Phi) is 6.36. The van der Waals surface area contributed by atoms with Crippen molar-refractivity contribution >= 4 is 42.4 Å². The second kappa shape index (κ2) is 8.61. The number of amides is 1. The number of fused-ring (bicyclic) bond motifs is 1. The summed E-state index contributed by atoms with van der Waals surface area (Å²) in [6, 6.07) is 12.2. The van der Waals surface area contributed by atoms with Crippen LogP contribution in [0.5, 0.6) is 0 Å². The Hall–Kier alpha value is -2.29. The lowest BCUT2D eigenvalue weighted by Gasteiger charge is -2.22. The van der Waals surface area contributed by atoms with Crippen LogP contribution in [0, 0.1) is 6.92 Å². The molecule has 0 N–H and O–H groups in total. The van der Waals surface area contributed by atoms with Gasteiger partial charge in [-0.05, 0) is 63.0 Å². The third kappa shape index (κ3) is 4.83. The van der Waals surface area contributed by atoms with Gasteiger partial charge in [0.15, 0.2) is 15.0 Å². The minimum absolute atomic E-state index is 0.0281. The number of thiazole rings is 1. The number of aromatic nitrogens is 1. The predicted octanol–water partition coefficient (Wildman–Crippen LogP) is 3.61. The van der Waals surface area contributed by atoms with Crippen LogP contribution in [0.3, 0.4) is 0 Å². The van der Waals surface area contributed by atoms with Crippen LogP contribution in [0.2, 0.25) is 0 Å². The molecule has 3 rings (SSSR count). The zero-order valence-corrected chi connectivity index (χ0v) is 18.7. The maximum absolute atomic E-state index is 13.3. The van der Waals surface area contributed by atoms with Crippen molar-refractivity contribution in [1.82, 2.24) is 9.88 Å². The quantitative estimate of drug-likeness (QED) is 0.572. The highest BCUT2D eigenvalue weighted by Crippen LogP contribution is 2.30. The van der Waals surface area contributed by atoms with Gasteiger partial charge >= 0.3 is 0 Å². The van der Waals surface area contributed by atoms with E-state index in [-0.39, 0.29) is 16.6 Å². The summed E-state index contributed by atoms with van der Waals surface area (Å²) in [5.74, 6) is -0.163. The predicted molar refractivity (Wildman–Crippen MR) is 119 cm³/mol. The van der Waals surface area contributed by atoms with E-state index in [1.165, 1.54) is 23.5 Å². The average molecular weight is 432 g/mol. The number of rotatable bonds is 7. The first kappa shape index (κ1) is 21.4. The van der Waals surface area contributed by atoms with Crippen molar-refractivity contribution in [3.05, 3.63) is 53.6 Å². The van der Waals surface area contributed by atoms with Crippen molar-refractivity contribution in [2.75, 3.05) is 37.8 Å². The van der Waals surface area contributed by atoms with Crippen molar-refractivity contribution in [3.8, 4) is 0 Å². The van der Waals surface area contributed by atoms with E-state index in [2.05, 4.69) is 11.1 Å². The molecule has 6 nitrogen and oxygen atoms in total. The number of carbonyl (C=O) groups excluding carboxylic acids is 1. The van der Waals surface area contributed by atoms with E-state index in [0.29, 0.717) is 23.8 Å². The molecule has 8 heteroatoms. The van der Waals surface area contributed by atoms with Gasteiger partial charge in [-0.15, -0.1) is 0 Å². The Morgan fingerprint density at radius 3 is 2.38 bits per heavy atom. The lowest BCUT2D eigenvalue weighted by Crippen LogP contribution is -2.36. The summed E-state index contributed by atoms with van der Waals surface area (Å²) in [6.45, 7) is 4.80. The lowest BCUT2D eigenvalue weighted by atomic mass is 10.2. The first-order chi connectivity index (χ1) is 13.7. The Morgan fingerprint density at radius 1 is 1.07 bits per heavy atom. The monoisotopic (exact) mass is 431 g/mol. The SMILES string of the molecule is CCS(=O)(=O)c1ccc(C(=O)N(CCN(C)C)c2nc3ccc(C)cc3s2)cc1. The van der Waals surface area contributed by atoms with Crippen molar-refractivity contribution in [2.45, 2.75) is 18.7 Å². The molecular formula is C21H25N3O3S2. The van der Waals surface area contributed by atoms with E-state index >= 15 is 0 Å². The zero-order chi connectivity index (χ0) is 21.2. The Labute approximate surface area is 175 Å². The van der Waals surface area contributed by atoms with Crippen LogP contribution < -0.4 is 4.90 Å². The van der Waals surface area contributed by atoms with Crippen LogP contribution in [0.4, 0.5) is 5.13 Å². The summed E-state index contributed by atoms with van der Waals surface area (Å²) in [7, 11) is 0.608.